The number of carbonyl (C=O) groups excluding carboxylic acids is 1. The molecule has 148 valence electrons. The summed E-state index contributed by atoms with van der Waals surface area (Å²) in [5.74, 6) is 0.434. The van der Waals surface area contributed by atoms with Crippen LogP contribution in [-0.4, -0.2) is 38.1 Å². The normalized spacial score (nSPS) is 22.9. The Bertz CT molecular complexity index is 1110. The fourth-order valence-corrected chi connectivity index (χ4v) is 5.52. The SMILES string of the molecule is Cc1nnsc1C(=O)N1C[C@H]2C[C@@H](C1)[C@H](Cc1ccccc1)n1c2cccc1=O. The number of likely N-dealkylation sites (tertiary alicyclic amines) is 1. The van der Waals surface area contributed by atoms with Crippen LogP contribution >= 0.6 is 11.5 Å². The molecule has 2 bridgehead atoms. The van der Waals surface area contributed by atoms with Crippen LogP contribution < -0.4 is 5.56 Å². The molecule has 29 heavy (non-hydrogen) atoms. The molecule has 4 heterocycles. The lowest BCUT2D eigenvalue weighted by Gasteiger charge is -2.47. The highest BCUT2D eigenvalue weighted by molar-refractivity contribution is 7.07. The molecule has 3 atom stereocenters. The monoisotopic (exact) mass is 406 g/mol. The van der Waals surface area contributed by atoms with E-state index in [0.29, 0.717) is 23.7 Å². The van der Waals surface area contributed by atoms with Gasteiger partial charge in [0.1, 0.15) is 4.88 Å². The summed E-state index contributed by atoms with van der Waals surface area (Å²) in [6.45, 7) is 3.12. The number of fused-ring (bicyclic) bond motifs is 4. The zero-order valence-electron chi connectivity index (χ0n) is 16.2. The van der Waals surface area contributed by atoms with E-state index in [-0.39, 0.29) is 29.3 Å². The van der Waals surface area contributed by atoms with E-state index in [9.17, 15) is 9.59 Å². The van der Waals surface area contributed by atoms with E-state index in [1.165, 1.54) is 5.56 Å². The molecule has 2 aromatic heterocycles. The van der Waals surface area contributed by atoms with Crippen LogP contribution in [0.3, 0.4) is 0 Å². The zero-order valence-corrected chi connectivity index (χ0v) is 17.0. The second-order valence-electron chi connectivity index (χ2n) is 8.01. The first-order valence-corrected chi connectivity index (χ1v) is 10.7. The highest BCUT2D eigenvalue weighted by Gasteiger charge is 2.42. The number of rotatable bonds is 3. The Balaban J connectivity index is 1.53. The molecule has 2 aliphatic heterocycles. The van der Waals surface area contributed by atoms with Crippen LogP contribution in [-0.2, 0) is 6.42 Å². The molecule has 3 aromatic rings. The average molecular weight is 407 g/mol. The molecule has 1 aromatic carbocycles. The number of hydrogen-bond donors (Lipinski definition) is 0. The van der Waals surface area contributed by atoms with E-state index in [2.05, 4.69) is 21.7 Å². The first kappa shape index (κ1) is 18.2. The van der Waals surface area contributed by atoms with Gasteiger partial charge in [0.2, 0.25) is 0 Å². The fraction of sp³-hybridized carbons (Fsp3) is 0.364. The highest BCUT2D eigenvalue weighted by atomic mass is 32.1. The molecular weight excluding hydrogens is 384 g/mol. The van der Waals surface area contributed by atoms with Crippen molar-refractivity contribution < 1.29 is 4.79 Å². The first-order valence-electron chi connectivity index (χ1n) is 9.95. The molecule has 0 N–H and O–H groups in total. The van der Waals surface area contributed by atoms with Gasteiger partial charge in [-0.05, 0) is 48.8 Å². The van der Waals surface area contributed by atoms with Gasteiger partial charge >= 0.3 is 0 Å². The minimum Gasteiger partial charge on any atom is -0.337 e. The van der Waals surface area contributed by atoms with Crippen LogP contribution in [0.4, 0.5) is 0 Å². The van der Waals surface area contributed by atoms with Crippen molar-refractivity contribution in [3.8, 4) is 0 Å². The third-order valence-electron chi connectivity index (χ3n) is 6.22. The number of aryl methyl sites for hydroxylation is 1. The molecule has 5 rings (SSSR count). The summed E-state index contributed by atoms with van der Waals surface area (Å²) in [5.41, 5.74) is 3.00. The van der Waals surface area contributed by atoms with Gasteiger partial charge in [-0.3, -0.25) is 9.59 Å². The van der Waals surface area contributed by atoms with E-state index in [1.807, 2.05) is 46.7 Å². The summed E-state index contributed by atoms with van der Waals surface area (Å²) in [7, 11) is 0. The maximum Gasteiger partial charge on any atom is 0.267 e. The minimum absolute atomic E-state index is 0.0115. The molecule has 2 aliphatic rings. The smallest absolute Gasteiger partial charge is 0.267 e. The number of amides is 1. The Morgan fingerprint density at radius 2 is 1.97 bits per heavy atom. The largest absolute Gasteiger partial charge is 0.337 e. The van der Waals surface area contributed by atoms with E-state index >= 15 is 0 Å². The van der Waals surface area contributed by atoms with Gasteiger partial charge in [0.05, 0.1) is 5.69 Å². The molecule has 0 aliphatic carbocycles. The molecule has 7 heteroatoms. The summed E-state index contributed by atoms with van der Waals surface area (Å²) >= 11 is 1.16. The van der Waals surface area contributed by atoms with Crippen LogP contribution in [0.5, 0.6) is 0 Å². The van der Waals surface area contributed by atoms with Gasteiger partial charge in [-0.1, -0.05) is 40.9 Å². The first-order chi connectivity index (χ1) is 14.1. The number of benzene rings is 1. The Kier molecular flexibility index (Phi) is 4.54. The molecule has 1 amide bonds. The predicted octanol–water partition coefficient (Wildman–Crippen LogP) is 3.05. The van der Waals surface area contributed by atoms with Gasteiger partial charge < -0.3 is 9.47 Å². The van der Waals surface area contributed by atoms with Gasteiger partial charge in [-0.15, -0.1) is 5.10 Å². The van der Waals surface area contributed by atoms with Crippen LogP contribution in [0.1, 0.15) is 45.0 Å². The molecule has 0 unspecified atom stereocenters. The van der Waals surface area contributed by atoms with Crippen LogP contribution in [0.15, 0.2) is 53.3 Å². The van der Waals surface area contributed by atoms with E-state index < -0.39 is 0 Å². The van der Waals surface area contributed by atoms with Crippen molar-refractivity contribution in [2.75, 3.05) is 13.1 Å². The average Bonchev–Trinajstić information content (AvgIpc) is 3.17. The predicted molar refractivity (Wildman–Crippen MR) is 111 cm³/mol. The zero-order chi connectivity index (χ0) is 20.0. The third-order valence-corrected chi connectivity index (χ3v) is 7.03. The molecular formula is C22H22N4O2S. The number of nitrogens with zero attached hydrogens (tertiary/aromatic N) is 4. The van der Waals surface area contributed by atoms with Gasteiger partial charge in [-0.25, -0.2) is 0 Å². The topological polar surface area (TPSA) is 68.1 Å². The maximum atomic E-state index is 13.1. The Morgan fingerprint density at radius 1 is 1.14 bits per heavy atom. The van der Waals surface area contributed by atoms with Crippen molar-refractivity contribution >= 4 is 17.4 Å². The van der Waals surface area contributed by atoms with Crippen molar-refractivity contribution in [3.05, 3.63) is 80.7 Å². The second kappa shape index (κ2) is 7.22. The second-order valence-corrected chi connectivity index (χ2v) is 8.76. The number of hydrogen-bond acceptors (Lipinski definition) is 5. The summed E-state index contributed by atoms with van der Waals surface area (Å²) in [6, 6.07) is 15.9. The van der Waals surface area contributed by atoms with Crippen molar-refractivity contribution in [1.82, 2.24) is 19.1 Å². The maximum absolute atomic E-state index is 13.1. The van der Waals surface area contributed by atoms with Crippen molar-refractivity contribution in [3.63, 3.8) is 0 Å². The summed E-state index contributed by atoms with van der Waals surface area (Å²) in [5, 5.41) is 4.00. The van der Waals surface area contributed by atoms with E-state index in [1.54, 1.807) is 6.07 Å². The molecule has 1 saturated heterocycles. The number of aromatic nitrogens is 3. The Labute approximate surface area is 173 Å². The standard InChI is InChI=1S/C22H22N4O2S/c1-14-21(29-24-23-14)22(28)25-12-16-11-17(13-25)19(10-15-6-3-2-4-7-15)26-18(16)8-5-9-20(26)27/h2-9,16-17,19H,10-13H2,1H3/t16-,17+,19+/m1/s1. The number of carbonyl (C=O) groups is 1. The molecule has 0 spiro atoms. The van der Waals surface area contributed by atoms with Crippen LogP contribution in [0, 0.1) is 12.8 Å². The fourth-order valence-electron chi connectivity index (χ4n) is 4.90. The van der Waals surface area contributed by atoms with Crippen LogP contribution in [0.25, 0.3) is 0 Å². The van der Waals surface area contributed by atoms with E-state index in [0.717, 1.165) is 30.1 Å². The Hall–Kier alpha value is -2.80. The van der Waals surface area contributed by atoms with E-state index in [4.69, 9.17) is 0 Å². The summed E-state index contributed by atoms with van der Waals surface area (Å²) < 4.78 is 5.92. The summed E-state index contributed by atoms with van der Waals surface area (Å²) in [4.78, 5) is 28.5. The minimum atomic E-state index is 0.0115. The van der Waals surface area contributed by atoms with Crippen LogP contribution in [0.2, 0.25) is 0 Å². The molecule has 6 nitrogen and oxygen atoms in total. The van der Waals surface area contributed by atoms with Gasteiger partial charge in [-0.2, -0.15) is 0 Å². The molecule has 0 saturated carbocycles. The lowest BCUT2D eigenvalue weighted by atomic mass is 9.76. The quantitative estimate of drug-likeness (QED) is 0.670. The van der Waals surface area contributed by atoms with Gasteiger partial charge in [0.15, 0.2) is 0 Å². The van der Waals surface area contributed by atoms with Gasteiger partial charge in [0.25, 0.3) is 11.5 Å². The Morgan fingerprint density at radius 3 is 2.72 bits per heavy atom. The van der Waals surface area contributed by atoms with Crippen molar-refractivity contribution in [2.45, 2.75) is 31.7 Å². The van der Waals surface area contributed by atoms with Gasteiger partial charge in [0, 0.05) is 36.8 Å². The number of pyridine rings is 1. The number of piperidine rings is 1. The molecule has 1 fully saturated rings. The summed E-state index contributed by atoms with van der Waals surface area (Å²) in [6.07, 6.45) is 1.79. The third kappa shape index (κ3) is 3.19. The lowest BCUT2D eigenvalue weighted by Crippen LogP contribution is -2.51. The lowest BCUT2D eigenvalue weighted by molar-refractivity contribution is 0.0532. The highest BCUT2D eigenvalue weighted by Crippen LogP contribution is 2.42. The molecule has 0 radical (unpaired) electrons. The van der Waals surface area contributed by atoms with Crippen molar-refractivity contribution in [2.24, 2.45) is 5.92 Å². The van der Waals surface area contributed by atoms with Crippen molar-refractivity contribution in [1.29, 1.82) is 0 Å².